The fourth-order valence-corrected chi connectivity index (χ4v) is 1.44. The third-order valence-corrected chi connectivity index (χ3v) is 2.48. The van der Waals surface area contributed by atoms with Crippen LogP contribution in [0.3, 0.4) is 0 Å². The summed E-state index contributed by atoms with van der Waals surface area (Å²) in [5.41, 5.74) is -0.0437. The van der Waals surface area contributed by atoms with Crippen LogP contribution in [0.1, 0.15) is 24.3 Å². The van der Waals surface area contributed by atoms with Crippen LogP contribution in [0.15, 0.2) is 12.4 Å². The summed E-state index contributed by atoms with van der Waals surface area (Å²) in [7, 11) is 0. The predicted octanol–water partition coefficient (Wildman–Crippen LogP) is 0.928. The lowest BCUT2D eigenvalue weighted by Crippen LogP contribution is -2.28. The van der Waals surface area contributed by atoms with Crippen molar-refractivity contribution in [2.75, 3.05) is 31.5 Å². The Morgan fingerprint density at radius 1 is 1.41 bits per heavy atom. The molecule has 0 saturated heterocycles. The Morgan fingerprint density at radius 2 is 2.12 bits per heavy atom. The molecule has 0 atom stereocenters. The van der Waals surface area contributed by atoms with E-state index in [1.165, 1.54) is 12.4 Å². The molecule has 6 heteroatoms. The summed E-state index contributed by atoms with van der Waals surface area (Å²) < 4.78 is 0. The standard InChI is InChI=1S/C11H18N4O2/c1-3-15(4-2)6-5-13-10-8-12-7-9(14-10)11(16)17/h7-8H,3-6H2,1-2H3,(H,13,14)(H,16,17). The quantitative estimate of drug-likeness (QED) is 0.735. The van der Waals surface area contributed by atoms with Crippen LogP contribution in [-0.2, 0) is 0 Å². The molecule has 0 saturated carbocycles. The molecule has 1 heterocycles. The summed E-state index contributed by atoms with van der Waals surface area (Å²) >= 11 is 0. The Balaban J connectivity index is 2.46. The summed E-state index contributed by atoms with van der Waals surface area (Å²) in [6.07, 6.45) is 2.76. The second-order valence-electron chi connectivity index (χ2n) is 3.55. The van der Waals surface area contributed by atoms with Crippen molar-refractivity contribution in [2.24, 2.45) is 0 Å². The number of nitrogens with zero attached hydrogens (tertiary/aromatic N) is 3. The van der Waals surface area contributed by atoms with Crippen molar-refractivity contribution < 1.29 is 9.90 Å². The Bertz CT molecular complexity index is 366. The van der Waals surface area contributed by atoms with E-state index in [1.54, 1.807) is 0 Å². The molecule has 0 aliphatic carbocycles. The molecule has 1 aromatic rings. The van der Waals surface area contributed by atoms with Gasteiger partial charge in [0, 0.05) is 13.1 Å². The van der Waals surface area contributed by atoms with Gasteiger partial charge in [0.2, 0.25) is 0 Å². The number of nitrogens with one attached hydrogen (secondary N) is 1. The van der Waals surface area contributed by atoms with Crippen LogP contribution in [-0.4, -0.2) is 52.1 Å². The number of likely N-dealkylation sites (N-methyl/N-ethyl adjacent to an activating group) is 1. The maximum atomic E-state index is 10.7. The van der Waals surface area contributed by atoms with E-state index in [9.17, 15) is 4.79 Å². The summed E-state index contributed by atoms with van der Waals surface area (Å²) in [6.45, 7) is 7.83. The Hall–Kier alpha value is -1.69. The van der Waals surface area contributed by atoms with E-state index >= 15 is 0 Å². The maximum Gasteiger partial charge on any atom is 0.356 e. The van der Waals surface area contributed by atoms with Crippen LogP contribution in [0.2, 0.25) is 0 Å². The van der Waals surface area contributed by atoms with Crippen LogP contribution < -0.4 is 5.32 Å². The molecule has 1 rings (SSSR count). The Kier molecular flexibility index (Phi) is 5.35. The number of carbonyl (C=O) groups is 1. The third-order valence-electron chi connectivity index (χ3n) is 2.48. The summed E-state index contributed by atoms with van der Waals surface area (Å²) in [4.78, 5) is 20.7. The van der Waals surface area contributed by atoms with Crippen LogP contribution >= 0.6 is 0 Å². The second-order valence-corrected chi connectivity index (χ2v) is 3.55. The van der Waals surface area contributed by atoms with Crippen molar-refractivity contribution in [1.29, 1.82) is 0 Å². The van der Waals surface area contributed by atoms with Crippen LogP contribution in [0.4, 0.5) is 5.82 Å². The van der Waals surface area contributed by atoms with E-state index < -0.39 is 5.97 Å². The lowest BCUT2D eigenvalue weighted by Gasteiger charge is -2.18. The molecule has 1 aromatic heterocycles. The van der Waals surface area contributed by atoms with Crippen LogP contribution in [0.5, 0.6) is 0 Å². The van der Waals surface area contributed by atoms with Crippen molar-refractivity contribution in [2.45, 2.75) is 13.8 Å². The molecular formula is C11H18N4O2. The minimum Gasteiger partial charge on any atom is -0.476 e. The Labute approximate surface area is 101 Å². The minimum absolute atomic E-state index is 0.0437. The molecule has 0 amide bonds. The van der Waals surface area contributed by atoms with Gasteiger partial charge in [0.25, 0.3) is 0 Å². The largest absolute Gasteiger partial charge is 0.476 e. The highest BCUT2D eigenvalue weighted by Gasteiger charge is 2.06. The first-order valence-corrected chi connectivity index (χ1v) is 5.69. The second kappa shape index (κ2) is 6.80. The molecule has 94 valence electrons. The fourth-order valence-electron chi connectivity index (χ4n) is 1.44. The molecule has 2 N–H and O–H groups in total. The van der Waals surface area contributed by atoms with Crippen molar-refractivity contribution in [3.05, 3.63) is 18.1 Å². The first-order chi connectivity index (χ1) is 8.17. The number of anilines is 1. The number of hydrogen-bond donors (Lipinski definition) is 2. The zero-order chi connectivity index (χ0) is 12.7. The summed E-state index contributed by atoms with van der Waals surface area (Å²) in [5, 5.41) is 11.8. The molecule has 0 spiro atoms. The van der Waals surface area contributed by atoms with Gasteiger partial charge >= 0.3 is 5.97 Å². The van der Waals surface area contributed by atoms with Gasteiger partial charge in [-0.1, -0.05) is 13.8 Å². The van der Waals surface area contributed by atoms with Gasteiger partial charge in [0.1, 0.15) is 5.82 Å². The van der Waals surface area contributed by atoms with Crippen LogP contribution in [0, 0.1) is 0 Å². The van der Waals surface area contributed by atoms with Crippen molar-refractivity contribution in [1.82, 2.24) is 14.9 Å². The molecule has 0 unspecified atom stereocenters. The number of carboxylic acid groups (broad SMARTS) is 1. The highest BCUT2D eigenvalue weighted by atomic mass is 16.4. The smallest absolute Gasteiger partial charge is 0.356 e. The minimum atomic E-state index is -1.06. The molecule has 0 radical (unpaired) electrons. The summed E-state index contributed by atoms with van der Waals surface area (Å²) in [5.74, 6) is -0.568. The van der Waals surface area contributed by atoms with E-state index in [0.29, 0.717) is 5.82 Å². The molecule has 6 nitrogen and oxygen atoms in total. The van der Waals surface area contributed by atoms with Gasteiger partial charge in [-0.25, -0.2) is 9.78 Å². The molecule has 0 aromatic carbocycles. The van der Waals surface area contributed by atoms with Gasteiger partial charge in [0.05, 0.1) is 12.4 Å². The molecule has 0 aliphatic rings. The van der Waals surface area contributed by atoms with Crippen LogP contribution in [0.25, 0.3) is 0 Å². The normalized spacial score (nSPS) is 10.5. The van der Waals surface area contributed by atoms with E-state index in [1.807, 2.05) is 0 Å². The monoisotopic (exact) mass is 238 g/mol. The van der Waals surface area contributed by atoms with Crippen molar-refractivity contribution >= 4 is 11.8 Å². The fraction of sp³-hybridized carbons (Fsp3) is 0.545. The molecular weight excluding hydrogens is 220 g/mol. The number of aromatic nitrogens is 2. The highest BCUT2D eigenvalue weighted by molar-refractivity contribution is 5.85. The maximum absolute atomic E-state index is 10.7. The summed E-state index contributed by atoms with van der Waals surface area (Å²) in [6, 6.07) is 0. The number of hydrogen-bond acceptors (Lipinski definition) is 5. The number of aromatic carboxylic acids is 1. The predicted molar refractivity (Wildman–Crippen MR) is 65.3 cm³/mol. The zero-order valence-electron chi connectivity index (χ0n) is 10.2. The highest BCUT2D eigenvalue weighted by Crippen LogP contribution is 2.01. The van der Waals surface area contributed by atoms with Gasteiger partial charge < -0.3 is 15.3 Å². The van der Waals surface area contributed by atoms with Gasteiger partial charge in [-0.15, -0.1) is 0 Å². The van der Waals surface area contributed by atoms with Gasteiger partial charge in [-0.05, 0) is 13.1 Å². The van der Waals surface area contributed by atoms with E-state index in [0.717, 1.165) is 26.2 Å². The molecule has 17 heavy (non-hydrogen) atoms. The van der Waals surface area contributed by atoms with Gasteiger partial charge in [0.15, 0.2) is 5.69 Å². The first kappa shape index (κ1) is 13.4. The van der Waals surface area contributed by atoms with Crippen molar-refractivity contribution in [3.63, 3.8) is 0 Å². The Morgan fingerprint density at radius 3 is 2.71 bits per heavy atom. The van der Waals surface area contributed by atoms with Gasteiger partial charge in [-0.2, -0.15) is 0 Å². The average molecular weight is 238 g/mol. The third kappa shape index (κ3) is 4.36. The zero-order valence-corrected chi connectivity index (χ0v) is 10.2. The van der Waals surface area contributed by atoms with Gasteiger partial charge in [-0.3, -0.25) is 4.98 Å². The molecule has 0 aliphatic heterocycles. The lowest BCUT2D eigenvalue weighted by molar-refractivity contribution is 0.0690. The number of carboxylic acids is 1. The topological polar surface area (TPSA) is 78.4 Å². The first-order valence-electron chi connectivity index (χ1n) is 5.69. The van der Waals surface area contributed by atoms with E-state index in [4.69, 9.17) is 5.11 Å². The number of rotatable bonds is 7. The van der Waals surface area contributed by atoms with E-state index in [2.05, 4.69) is 34.0 Å². The molecule has 0 fully saturated rings. The van der Waals surface area contributed by atoms with Crippen molar-refractivity contribution in [3.8, 4) is 0 Å². The van der Waals surface area contributed by atoms with E-state index in [-0.39, 0.29) is 5.69 Å². The lowest BCUT2D eigenvalue weighted by atomic mass is 10.4. The SMILES string of the molecule is CCN(CC)CCNc1cncc(C(=O)O)n1. The molecule has 0 bridgehead atoms. The average Bonchev–Trinajstić information content (AvgIpc) is 2.35.